The van der Waals surface area contributed by atoms with Crippen LogP contribution in [0.1, 0.15) is 38.7 Å². The molecule has 30 heavy (non-hydrogen) atoms. The summed E-state index contributed by atoms with van der Waals surface area (Å²) in [5.41, 5.74) is 3.24. The first-order valence-electron chi connectivity index (χ1n) is 10.2. The number of fused-ring (bicyclic) bond motifs is 1. The van der Waals surface area contributed by atoms with Crippen LogP contribution in [0, 0.1) is 0 Å². The number of benzene rings is 2. The summed E-state index contributed by atoms with van der Waals surface area (Å²) in [6.45, 7) is 5.37. The minimum atomic E-state index is -0.799. The predicted octanol–water partition coefficient (Wildman–Crippen LogP) is 5.71. The Bertz CT molecular complexity index is 863. The Labute approximate surface area is 187 Å². The van der Waals surface area contributed by atoms with E-state index in [0.29, 0.717) is 5.75 Å². The van der Waals surface area contributed by atoms with Crippen molar-refractivity contribution in [2.75, 3.05) is 24.3 Å². The van der Waals surface area contributed by atoms with Crippen molar-refractivity contribution in [1.82, 2.24) is 4.72 Å². The molecule has 0 aromatic heterocycles. The molecule has 0 saturated carbocycles. The van der Waals surface area contributed by atoms with Crippen molar-refractivity contribution in [1.29, 1.82) is 0 Å². The standard InChI is InChI=1S/C23H30N2O3S2/c1-4-5-11-23(2)16-25(18-9-7-6-8-10-18)19-13-20(28-3)17(12-21(19)30-24-23)14-29-15-22(26)27/h6-10,12-13,24H,4-5,11,14-16H2,1-3H3,(H,26,27)/t23-/m0/s1. The highest BCUT2D eigenvalue weighted by molar-refractivity contribution is 7.99. The number of aliphatic carboxylic acids is 1. The summed E-state index contributed by atoms with van der Waals surface area (Å²) < 4.78 is 9.41. The molecule has 0 radical (unpaired) electrons. The van der Waals surface area contributed by atoms with Crippen molar-refractivity contribution in [2.45, 2.75) is 49.3 Å². The SMILES string of the molecule is CCCC[C@@]1(C)CN(c2ccccc2)c2cc(OC)c(CSCC(=O)O)cc2SN1. The van der Waals surface area contributed by atoms with Crippen molar-refractivity contribution in [3.05, 3.63) is 48.0 Å². The van der Waals surface area contributed by atoms with E-state index in [1.807, 2.05) is 6.07 Å². The summed E-state index contributed by atoms with van der Waals surface area (Å²) >= 11 is 3.05. The van der Waals surface area contributed by atoms with Gasteiger partial charge in [0.25, 0.3) is 0 Å². The maximum Gasteiger partial charge on any atom is 0.313 e. The molecule has 7 heteroatoms. The van der Waals surface area contributed by atoms with Crippen molar-refractivity contribution < 1.29 is 14.6 Å². The van der Waals surface area contributed by atoms with Crippen LogP contribution < -0.4 is 14.4 Å². The van der Waals surface area contributed by atoms with E-state index in [1.54, 1.807) is 19.1 Å². The van der Waals surface area contributed by atoms with Gasteiger partial charge in [-0.15, -0.1) is 11.8 Å². The van der Waals surface area contributed by atoms with Crippen LogP contribution in [0.2, 0.25) is 0 Å². The van der Waals surface area contributed by atoms with Gasteiger partial charge in [0.05, 0.1) is 18.6 Å². The normalized spacial score (nSPS) is 18.6. The first-order chi connectivity index (χ1) is 14.5. The van der Waals surface area contributed by atoms with Crippen LogP contribution in [0.3, 0.4) is 0 Å². The number of methoxy groups -OCH3 is 1. The molecule has 5 nitrogen and oxygen atoms in total. The number of hydrogen-bond acceptors (Lipinski definition) is 6. The third-order valence-electron chi connectivity index (χ3n) is 5.20. The Kier molecular flexibility index (Phi) is 7.97. The summed E-state index contributed by atoms with van der Waals surface area (Å²) in [6.07, 6.45) is 3.43. The summed E-state index contributed by atoms with van der Waals surface area (Å²) in [5.74, 6) is 0.676. The largest absolute Gasteiger partial charge is 0.496 e. The Morgan fingerprint density at radius 2 is 2.10 bits per heavy atom. The fraction of sp³-hybridized carbons (Fsp3) is 0.435. The minimum absolute atomic E-state index is 0.0407. The third-order valence-corrected chi connectivity index (χ3v) is 7.31. The second-order valence-electron chi connectivity index (χ2n) is 7.81. The molecule has 1 atom stereocenters. The maximum atomic E-state index is 10.9. The van der Waals surface area contributed by atoms with Gasteiger partial charge in [-0.3, -0.25) is 9.52 Å². The van der Waals surface area contributed by atoms with E-state index >= 15 is 0 Å². The van der Waals surface area contributed by atoms with Crippen molar-refractivity contribution in [3.63, 3.8) is 0 Å². The van der Waals surface area contributed by atoms with Gasteiger partial charge >= 0.3 is 5.97 Å². The molecule has 0 amide bonds. The summed E-state index contributed by atoms with van der Waals surface area (Å²) in [7, 11) is 1.67. The molecule has 1 aliphatic heterocycles. The number of carboxylic acids is 1. The lowest BCUT2D eigenvalue weighted by Gasteiger charge is -2.34. The van der Waals surface area contributed by atoms with Crippen LogP contribution in [0.25, 0.3) is 0 Å². The monoisotopic (exact) mass is 446 g/mol. The van der Waals surface area contributed by atoms with Crippen LogP contribution in [-0.2, 0) is 10.5 Å². The smallest absolute Gasteiger partial charge is 0.313 e. The summed E-state index contributed by atoms with van der Waals surface area (Å²) in [4.78, 5) is 14.4. The average molecular weight is 447 g/mol. The topological polar surface area (TPSA) is 61.8 Å². The van der Waals surface area contributed by atoms with Gasteiger partial charge in [0, 0.05) is 40.0 Å². The van der Waals surface area contributed by atoms with Gasteiger partial charge < -0.3 is 14.7 Å². The molecule has 0 saturated heterocycles. The van der Waals surface area contributed by atoms with Crippen LogP contribution in [0.15, 0.2) is 47.4 Å². The lowest BCUT2D eigenvalue weighted by molar-refractivity contribution is -0.133. The molecule has 0 spiro atoms. The second-order valence-corrected chi connectivity index (χ2v) is 9.64. The zero-order valence-corrected chi connectivity index (χ0v) is 19.4. The number of thioether (sulfide) groups is 1. The summed E-state index contributed by atoms with van der Waals surface area (Å²) in [6, 6.07) is 14.7. The van der Waals surface area contributed by atoms with Gasteiger partial charge in [0.2, 0.25) is 0 Å². The number of hydrogen-bond donors (Lipinski definition) is 2. The van der Waals surface area contributed by atoms with Crippen LogP contribution in [0.5, 0.6) is 5.75 Å². The lowest BCUT2D eigenvalue weighted by Crippen LogP contribution is -2.46. The number of carboxylic acid groups (broad SMARTS) is 1. The number of anilines is 2. The first kappa shape index (κ1) is 22.8. The first-order valence-corrected chi connectivity index (χ1v) is 12.2. The van der Waals surface area contributed by atoms with Crippen LogP contribution in [-0.4, -0.2) is 36.0 Å². The van der Waals surface area contributed by atoms with Gasteiger partial charge in [0.1, 0.15) is 5.75 Å². The molecular weight excluding hydrogens is 416 g/mol. The number of para-hydroxylation sites is 1. The number of nitrogens with zero attached hydrogens (tertiary/aromatic N) is 1. The number of unbranched alkanes of at least 4 members (excludes halogenated alkanes) is 1. The van der Waals surface area contributed by atoms with E-state index < -0.39 is 5.97 Å². The van der Waals surface area contributed by atoms with E-state index in [-0.39, 0.29) is 11.3 Å². The van der Waals surface area contributed by atoms with Crippen molar-refractivity contribution in [2.24, 2.45) is 0 Å². The molecule has 1 aliphatic rings. The Morgan fingerprint density at radius 1 is 1.33 bits per heavy atom. The zero-order chi connectivity index (χ0) is 21.6. The number of carbonyl (C=O) groups is 1. The van der Waals surface area contributed by atoms with Gasteiger partial charge in [-0.1, -0.05) is 38.0 Å². The molecule has 0 unspecified atom stereocenters. The molecular formula is C23H30N2O3S2. The van der Waals surface area contributed by atoms with Gasteiger partial charge in [0.15, 0.2) is 0 Å². The van der Waals surface area contributed by atoms with E-state index in [4.69, 9.17) is 9.84 Å². The minimum Gasteiger partial charge on any atom is -0.496 e. The van der Waals surface area contributed by atoms with Crippen LogP contribution >= 0.6 is 23.7 Å². The lowest BCUT2D eigenvalue weighted by atomic mass is 9.95. The molecule has 2 aromatic rings. The van der Waals surface area contributed by atoms with Gasteiger partial charge in [-0.2, -0.15) is 0 Å². The van der Waals surface area contributed by atoms with Crippen LogP contribution in [0.4, 0.5) is 11.4 Å². The van der Waals surface area contributed by atoms with Gasteiger partial charge in [-0.05, 0) is 43.5 Å². The highest BCUT2D eigenvalue weighted by atomic mass is 32.2. The average Bonchev–Trinajstić information content (AvgIpc) is 2.89. The van der Waals surface area contributed by atoms with Crippen molar-refractivity contribution in [3.8, 4) is 5.75 Å². The summed E-state index contributed by atoms with van der Waals surface area (Å²) in [5, 5.41) is 8.96. The number of rotatable bonds is 9. The van der Waals surface area contributed by atoms with E-state index in [0.717, 1.165) is 40.5 Å². The maximum absolute atomic E-state index is 10.9. The quantitative estimate of drug-likeness (QED) is 0.478. The van der Waals surface area contributed by atoms with E-state index in [2.05, 4.69) is 59.9 Å². The number of nitrogens with one attached hydrogen (secondary N) is 1. The highest BCUT2D eigenvalue weighted by Crippen LogP contribution is 2.43. The van der Waals surface area contributed by atoms with E-state index in [9.17, 15) is 4.79 Å². The van der Waals surface area contributed by atoms with E-state index in [1.165, 1.54) is 24.6 Å². The molecule has 1 heterocycles. The molecule has 0 fully saturated rings. The zero-order valence-electron chi connectivity index (χ0n) is 17.8. The molecule has 3 rings (SSSR count). The fourth-order valence-electron chi connectivity index (χ4n) is 3.62. The fourth-order valence-corrected chi connectivity index (χ4v) is 5.34. The molecule has 0 bridgehead atoms. The molecule has 0 aliphatic carbocycles. The van der Waals surface area contributed by atoms with Gasteiger partial charge in [-0.25, -0.2) is 0 Å². The third kappa shape index (κ3) is 5.65. The molecule has 162 valence electrons. The highest BCUT2D eigenvalue weighted by Gasteiger charge is 2.32. The Hall–Kier alpha value is -1.83. The molecule has 2 aromatic carbocycles. The predicted molar refractivity (Wildman–Crippen MR) is 127 cm³/mol. The Morgan fingerprint density at radius 3 is 2.77 bits per heavy atom. The molecule has 2 N–H and O–H groups in total. The number of ether oxygens (including phenoxy) is 1. The second kappa shape index (κ2) is 10.5. The van der Waals surface area contributed by atoms with Crippen molar-refractivity contribution >= 4 is 41.1 Å². The Balaban J connectivity index is 2.00.